The molecule has 2 aliphatic heterocycles. The summed E-state index contributed by atoms with van der Waals surface area (Å²) < 4.78 is 24.6. The molecule has 0 radical (unpaired) electrons. The van der Waals surface area contributed by atoms with Gasteiger partial charge in [0.2, 0.25) is 15.9 Å². The zero-order valence-corrected chi connectivity index (χ0v) is 16.1. The Bertz CT molecular complexity index is 812. The van der Waals surface area contributed by atoms with Gasteiger partial charge in [-0.2, -0.15) is 0 Å². The number of aromatic nitrogens is 1. The van der Waals surface area contributed by atoms with Gasteiger partial charge in [0.05, 0.1) is 6.26 Å². The number of carbonyl (C=O) groups excluding carboxylic acids is 1. The number of carboxylic acid groups (broad SMARTS) is 1. The van der Waals surface area contributed by atoms with E-state index in [0.29, 0.717) is 57.9 Å². The molecule has 0 spiro atoms. The van der Waals surface area contributed by atoms with Gasteiger partial charge < -0.3 is 14.9 Å². The number of rotatable bonds is 4. The average Bonchev–Trinajstić information content (AvgIpc) is 2.67. The summed E-state index contributed by atoms with van der Waals surface area (Å²) in [5.74, 6) is -0.686. The highest BCUT2D eigenvalue weighted by atomic mass is 32.2. The quantitative estimate of drug-likeness (QED) is 0.768. The Labute approximate surface area is 158 Å². The van der Waals surface area contributed by atoms with Crippen LogP contribution in [0, 0.1) is 5.92 Å². The number of hydrogen-bond donors (Lipinski definition) is 1. The highest BCUT2D eigenvalue weighted by molar-refractivity contribution is 7.88. The Morgan fingerprint density at radius 3 is 2.30 bits per heavy atom. The van der Waals surface area contributed by atoms with E-state index in [2.05, 4.69) is 4.98 Å². The van der Waals surface area contributed by atoms with Crippen molar-refractivity contribution in [1.29, 1.82) is 0 Å². The molecule has 0 aromatic carbocycles. The number of nitrogens with zero attached hydrogens (tertiary/aromatic N) is 4. The van der Waals surface area contributed by atoms with Crippen molar-refractivity contribution < 1.29 is 23.1 Å². The molecule has 27 heavy (non-hydrogen) atoms. The summed E-state index contributed by atoms with van der Waals surface area (Å²) in [5.41, 5.74) is 0.158. The SMILES string of the molecule is CS(=O)(=O)N1CCC(C(=O)N2CCN(c3ncccc3C(=O)O)CC2)CC1. The number of aromatic carboxylic acids is 1. The first-order valence-electron chi connectivity index (χ1n) is 8.94. The van der Waals surface area contributed by atoms with E-state index >= 15 is 0 Å². The number of carbonyl (C=O) groups is 2. The third kappa shape index (κ3) is 4.38. The first-order chi connectivity index (χ1) is 12.8. The summed E-state index contributed by atoms with van der Waals surface area (Å²) in [6.07, 6.45) is 3.83. The lowest BCUT2D eigenvalue weighted by Crippen LogP contribution is -2.52. The van der Waals surface area contributed by atoms with Crippen molar-refractivity contribution in [3.05, 3.63) is 23.9 Å². The summed E-state index contributed by atoms with van der Waals surface area (Å²) in [7, 11) is -3.20. The average molecular weight is 396 g/mol. The van der Waals surface area contributed by atoms with Crippen LogP contribution in [-0.4, -0.2) is 85.1 Å². The van der Waals surface area contributed by atoms with Crippen molar-refractivity contribution in [3.63, 3.8) is 0 Å². The maximum atomic E-state index is 12.8. The second-order valence-electron chi connectivity index (χ2n) is 6.93. The predicted octanol–water partition coefficient (Wildman–Crippen LogP) is 0.100. The smallest absolute Gasteiger partial charge is 0.339 e. The first kappa shape index (κ1) is 19.6. The topological polar surface area (TPSA) is 111 Å². The highest BCUT2D eigenvalue weighted by Crippen LogP contribution is 2.23. The molecule has 10 heteroatoms. The predicted molar refractivity (Wildman–Crippen MR) is 99.1 cm³/mol. The van der Waals surface area contributed by atoms with Crippen LogP contribution in [0.5, 0.6) is 0 Å². The van der Waals surface area contributed by atoms with Crippen molar-refractivity contribution in [1.82, 2.24) is 14.2 Å². The number of hydrogen-bond acceptors (Lipinski definition) is 6. The van der Waals surface area contributed by atoms with E-state index in [1.165, 1.54) is 16.6 Å². The van der Waals surface area contributed by atoms with E-state index < -0.39 is 16.0 Å². The van der Waals surface area contributed by atoms with Gasteiger partial charge in [-0.05, 0) is 25.0 Å². The maximum Gasteiger partial charge on any atom is 0.339 e. The molecule has 1 aromatic heterocycles. The van der Waals surface area contributed by atoms with E-state index in [0.717, 1.165) is 0 Å². The van der Waals surface area contributed by atoms with Crippen molar-refractivity contribution in [3.8, 4) is 0 Å². The fourth-order valence-corrected chi connectivity index (χ4v) is 4.52. The Balaban J connectivity index is 1.57. The summed E-state index contributed by atoms with van der Waals surface area (Å²) >= 11 is 0. The Morgan fingerprint density at radius 1 is 1.11 bits per heavy atom. The molecule has 0 unspecified atom stereocenters. The van der Waals surface area contributed by atoms with Crippen molar-refractivity contribution in [2.75, 3.05) is 50.4 Å². The van der Waals surface area contributed by atoms with Gasteiger partial charge in [0.15, 0.2) is 0 Å². The van der Waals surface area contributed by atoms with Gasteiger partial charge in [0.1, 0.15) is 11.4 Å². The first-order valence-corrected chi connectivity index (χ1v) is 10.8. The van der Waals surface area contributed by atoms with Crippen molar-refractivity contribution in [2.24, 2.45) is 5.92 Å². The lowest BCUT2D eigenvalue weighted by Gasteiger charge is -2.38. The largest absolute Gasteiger partial charge is 0.478 e. The molecule has 2 fully saturated rings. The summed E-state index contributed by atoms with van der Waals surface area (Å²) in [4.78, 5) is 32.0. The molecule has 3 rings (SSSR count). The Morgan fingerprint density at radius 2 is 1.74 bits per heavy atom. The number of sulfonamides is 1. The number of anilines is 1. The minimum Gasteiger partial charge on any atom is -0.478 e. The lowest BCUT2D eigenvalue weighted by molar-refractivity contribution is -0.137. The number of carboxylic acids is 1. The molecule has 2 aliphatic rings. The van der Waals surface area contributed by atoms with Crippen LogP contribution < -0.4 is 4.90 Å². The molecule has 1 N–H and O–H groups in total. The molecule has 148 valence electrons. The van der Waals surface area contributed by atoms with E-state index in [1.807, 2.05) is 4.90 Å². The monoisotopic (exact) mass is 396 g/mol. The fourth-order valence-electron chi connectivity index (χ4n) is 3.65. The second-order valence-corrected chi connectivity index (χ2v) is 8.91. The zero-order chi connectivity index (χ0) is 19.6. The van der Waals surface area contributed by atoms with Crippen LogP contribution in [0.1, 0.15) is 23.2 Å². The normalized spacial score (nSPS) is 19.9. The van der Waals surface area contributed by atoms with Crippen LogP contribution in [-0.2, 0) is 14.8 Å². The zero-order valence-electron chi connectivity index (χ0n) is 15.2. The van der Waals surface area contributed by atoms with Crippen molar-refractivity contribution in [2.45, 2.75) is 12.8 Å². The summed E-state index contributed by atoms with van der Waals surface area (Å²) in [6, 6.07) is 3.12. The third-order valence-corrected chi connectivity index (χ3v) is 6.48. The summed E-state index contributed by atoms with van der Waals surface area (Å²) in [6.45, 7) is 2.80. The molecule has 0 aliphatic carbocycles. The molecule has 0 bridgehead atoms. The molecule has 2 saturated heterocycles. The third-order valence-electron chi connectivity index (χ3n) is 5.18. The van der Waals surface area contributed by atoms with Crippen LogP contribution in [0.2, 0.25) is 0 Å². The minimum absolute atomic E-state index is 0.0577. The second kappa shape index (κ2) is 7.81. The van der Waals surface area contributed by atoms with Gasteiger partial charge in [-0.15, -0.1) is 0 Å². The number of amides is 1. The van der Waals surface area contributed by atoms with Gasteiger partial charge in [0.25, 0.3) is 0 Å². The fraction of sp³-hybridized carbons (Fsp3) is 0.588. The van der Waals surface area contributed by atoms with Gasteiger partial charge in [-0.1, -0.05) is 0 Å². The summed E-state index contributed by atoms with van der Waals surface area (Å²) in [5, 5.41) is 9.31. The van der Waals surface area contributed by atoms with Crippen LogP contribution in [0.4, 0.5) is 5.82 Å². The van der Waals surface area contributed by atoms with E-state index in [1.54, 1.807) is 17.2 Å². The Hall–Kier alpha value is -2.20. The molecule has 9 nitrogen and oxygen atoms in total. The molecular formula is C17H24N4O5S. The van der Waals surface area contributed by atoms with Gasteiger partial charge in [0, 0.05) is 51.4 Å². The minimum atomic E-state index is -3.20. The molecule has 0 saturated carbocycles. The van der Waals surface area contributed by atoms with Crippen LogP contribution >= 0.6 is 0 Å². The van der Waals surface area contributed by atoms with Crippen molar-refractivity contribution >= 4 is 27.7 Å². The number of piperidine rings is 1. The van der Waals surface area contributed by atoms with Gasteiger partial charge >= 0.3 is 5.97 Å². The van der Waals surface area contributed by atoms with E-state index in [4.69, 9.17) is 0 Å². The van der Waals surface area contributed by atoms with Crippen LogP contribution in [0.15, 0.2) is 18.3 Å². The van der Waals surface area contributed by atoms with Gasteiger partial charge in [-0.25, -0.2) is 22.5 Å². The molecule has 1 aromatic rings. The standard InChI is InChI=1S/C17H24N4O5S/c1-27(25,26)21-7-4-13(5-8-21)16(22)20-11-9-19(10-12-20)15-14(17(23)24)3-2-6-18-15/h2-3,6,13H,4-5,7-12H2,1H3,(H,23,24). The van der Waals surface area contributed by atoms with E-state index in [-0.39, 0.29) is 17.4 Å². The molecule has 3 heterocycles. The van der Waals surface area contributed by atoms with Gasteiger partial charge in [-0.3, -0.25) is 4.79 Å². The number of pyridine rings is 1. The van der Waals surface area contributed by atoms with E-state index in [9.17, 15) is 23.1 Å². The number of piperazine rings is 1. The molecule has 0 atom stereocenters. The van der Waals surface area contributed by atoms with Crippen LogP contribution in [0.3, 0.4) is 0 Å². The molecule has 1 amide bonds. The highest BCUT2D eigenvalue weighted by Gasteiger charge is 2.33. The maximum absolute atomic E-state index is 12.8. The van der Waals surface area contributed by atoms with Crippen LogP contribution in [0.25, 0.3) is 0 Å². The Kier molecular flexibility index (Phi) is 5.66. The molecular weight excluding hydrogens is 372 g/mol. The lowest BCUT2D eigenvalue weighted by atomic mass is 9.96.